The van der Waals surface area contributed by atoms with Gasteiger partial charge in [-0.3, -0.25) is 0 Å². The lowest BCUT2D eigenvalue weighted by Crippen LogP contribution is -2.55. The summed E-state index contributed by atoms with van der Waals surface area (Å²) in [7, 11) is 0. The van der Waals surface area contributed by atoms with Crippen molar-refractivity contribution in [2.45, 2.75) is 33.2 Å². The van der Waals surface area contributed by atoms with Crippen LogP contribution < -0.4 is 10.6 Å². The molecule has 16 heavy (non-hydrogen) atoms. The van der Waals surface area contributed by atoms with Gasteiger partial charge >= 0.3 is 0 Å². The molecule has 0 amide bonds. The molecule has 0 bridgehead atoms. The fourth-order valence-electron chi connectivity index (χ4n) is 2.20. The Kier molecular flexibility index (Phi) is 2.94. The van der Waals surface area contributed by atoms with Gasteiger partial charge in [0.15, 0.2) is 0 Å². The highest BCUT2D eigenvalue weighted by molar-refractivity contribution is 5.51. The van der Waals surface area contributed by atoms with Crippen LogP contribution in [0, 0.1) is 5.41 Å². The Bertz CT molecular complexity index is 359. The molecule has 0 radical (unpaired) electrons. The molecular formula is C14H22N2. The average Bonchev–Trinajstić information content (AvgIpc) is 2.10. The van der Waals surface area contributed by atoms with Gasteiger partial charge in [-0.15, -0.1) is 0 Å². The number of hydrogen-bond acceptors (Lipinski definition) is 2. The number of nitrogens with zero attached hydrogens (tertiary/aromatic N) is 1. The summed E-state index contributed by atoms with van der Waals surface area (Å²) >= 11 is 0. The molecule has 0 spiro atoms. The van der Waals surface area contributed by atoms with E-state index in [1.807, 2.05) is 0 Å². The SMILES string of the molecule is CC(C)(C)Cc1cccc(N2CC(N)C2)c1. The summed E-state index contributed by atoms with van der Waals surface area (Å²) in [6, 6.07) is 9.22. The molecule has 1 aliphatic heterocycles. The zero-order chi connectivity index (χ0) is 11.8. The molecule has 0 atom stereocenters. The molecule has 1 saturated heterocycles. The second-order valence-electron chi connectivity index (χ2n) is 6.07. The Morgan fingerprint density at radius 2 is 2.00 bits per heavy atom. The van der Waals surface area contributed by atoms with Gasteiger partial charge in [0.25, 0.3) is 0 Å². The van der Waals surface area contributed by atoms with Crippen LogP contribution in [0.25, 0.3) is 0 Å². The third-order valence-corrected chi connectivity index (χ3v) is 2.92. The third kappa shape index (κ3) is 2.76. The van der Waals surface area contributed by atoms with Crippen LogP contribution in [-0.4, -0.2) is 19.1 Å². The zero-order valence-corrected chi connectivity index (χ0v) is 10.5. The van der Waals surface area contributed by atoms with Crippen molar-refractivity contribution in [1.29, 1.82) is 0 Å². The number of rotatable bonds is 2. The van der Waals surface area contributed by atoms with Crippen LogP contribution in [0.3, 0.4) is 0 Å². The predicted octanol–water partition coefficient (Wildman–Crippen LogP) is 2.42. The Hall–Kier alpha value is -1.02. The zero-order valence-electron chi connectivity index (χ0n) is 10.5. The molecule has 2 rings (SSSR count). The van der Waals surface area contributed by atoms with Crippen molar-refractivity contribution in [3.63, 3.8) is 0 Å². The van der Waals surface area contributed by atoms with E-state index in [1.165, 1.54) is 11.3 Å². The maximum absolute atomic E-state index is 5.80. The van der Waals surface area contributed by atoms with Crippen LogP contribution in [0.1, 0.15) is 26.3 Å². The van der Waals surface area contributed by atoms with Gasteiger partial charge in [-0.05, 0) is 29.5 Å². The van der Waals surface area contributed by atoms with Gasteiger partial charge in [-0.1, -0.05) is 32.9 Å². The Balaban J connectivity index is 2.08. The van der Waals surface area contributed by atoms with E-state index >= 15 is 0 Å². The van der Waals surface area contributed by atoms with Crippen molar-refractivity contribution in [1.82, 2.24) is 0 Å². The molecule has 1 heterocycles. The molecular weight excluding hydrogens is 196 g/mol. The lowest BCUT2D eigenvalue weighted by molar-refractivity contribution is 0.411. The molecule has 0 aromatic heterocycles. The summed E-state index contributed by atoms with van der Waals surface area (Å²) < 4.78 is 0. The van der Waals surface area contributed by atoms with Gasteiger partial charge in [0.1, 0.15) is 0 Å². The molecule has 1 fully saturated rings. The second-order valence-corrected chi connectivity index (χ2v) is 6.07. The molecule has 0 aliphatic carbocycles. The topological polar surface area (TPSA) is 29.3 Å². The fourth-order valence-corrected chi connectivity index (χ4v) is 2.20. The average molecular weight is 218 g/mol. The van der Waals surface area contributed by atoms with E-state index in [4.69, 9.17) is 5.73 Å². The first-order chi connectivity index (χ1) is 7.44. The minimum atomic E-state index is 0.351. The van der Waals surface area contributed by atoms with Crippen molar-refractivity contribution in [3.8, 4) is 0 Å². The quantitative estimate of drug-likeness (QED) is 0.826. The Morgan fingerprint density at radius 3 is 2.56 bits per heavy atom. The molecule has 88 valence electrons. The summed E-state index contributed by atoms with van der Waals surface area (Å²) in [5.74, 6) is 0. The van der Waals surface area contributed by atoms with E-state index in [2.05, 4.69) is 49.9 Å². The first kappa shape index (κ1) is 11.5. The van der Waals surface area contributed by atoms with Crippen LogP contribution in [0.5, 0.6) is 0 Å². The van der Waals surface area contributed by atoms with Crippen molar-refractivity contribution >= 4 is 5.69 Å². The highest BCUT2D eigenvalue weighted by Crippen LogP contribution is 2.25. The summed E-state index contributed by atoms with van der Waals surface area (Å²) in [5.41, 5.74) is 8.90. The second kappa shape index (κ2) is 4.10. The minimum Gasteiger partial charge on any atom is -0.368 e. The number of nitrogens with two attached hydrogens (primary N) is 1. The lowest BCUT2D eigenvalue weighted by atomic mass is 9.88. The standard InChI is InChI=1S/C14H22N2/c1-14(2,3)8-11-5-4-6-13(7-11)16-9-12(15)10-16/h4-7,12H,8-10,15H2,1-3H3. The summed E-state index contributed by atoms with van der Waals surface area (Å²) in [6.45, 7) is 8.83. The van der Waals surface area contributed by atoms with Gasteiger partial charge in [0, 0.05) is 24.8 Å². The van der Waals surface area contributed by atoms with Gasteiger partial charge < -0.3 is 10.6 Å². The maximum atomic E-state index is 5.80. The first-order valence-corrected chi connectivity index (χ1v) is 6.03. The molecule has 1 aromatic carbocycles. The highest BCUT2D eigenvalue weighted by atomic mass is 15.2. The molecule has 0 saturated carbocycles. The van der Waals surface area contributed by atoms with Crippen LogP contribution >= 0.6 is 0 Å². The molecule has 1 aromatic rings. The Labute approximate surface area is 98.4 Å². The number of hydrogen-bond donors (Lipinski definition) is 1. The minimum absolute atomic E-state index is 0.351. The highest BCUT2D eigenvalue weighted by Gasteiger charge is 2.23. The normalized spacial score (nSPS) is 17.4. The van der Waals surface area contributed by atoms with Gasteiger partial charge in [-0.2, -0.15) is 0 Å². The smallest absolute Gasteiger partial charge is 0.0395 e. The van der Waals surface area contributed by atoms with Gasteiger partial charge in [-0.25, -0.2) is 0 Å². The van der Waals surface area contributed by atoms with Crippen molar-refractivity contribution in [2.24, 2.45) is 11.1 Å². The van der Waals surface area contributed by atoms with Crippen LogP contribution in [0.2, 0.25) is 0 Å². The molecule has 2 nitrogen and oxygen atoms in total. The van der Waals surface area contributed by atoms with Gasteiger partial charge in [0.2, 0.25) is 0 Å². The van der Waals surface area contributed by atoms with Crippen molar-refractivity contribution < 1.29 is 0 Å². The fraction of sp³-hybridized carbons (Fsp3) is 0.571. The van der Waals surface area contributed by atoms with Crippen LogP contribution in [-0.2, 0) is 6.42 Å². The van der Waals surface area contributed by atoms with Gasteiger partial charge in [0.05, 0.1) is 0 Å². The molecule has 1 aliphatic rings. The van der Waals surface area contributed by atoms with Crippen molar-refractivity contribution in [3.05, 3.63) is 29.8 Å². The van der Waals surface area contributed by atoms with Crippen molar-refractivity contribution in [2.75, 3.05) is 18.0 Å². The third-order valence-electron chi connectivity index (χ3n) is 2.92. The predicted molar refractivity (Wildman–Crippen MR) is 69.8 cm³/mol. The molecule has 0 unspecified atom stereocenters. The van der Waals surface area contributed by atoms with E-state index in [0.29, 0.717) is 11.5 Å². The molecule has 2 heteroatoms. The van der Waals surface area contributed by atoms with E-state index in [1.54, 1.807) is 0 Å². The first-order valence-electron chi connectivity index (χ1n) is 6.03. The van der Waals surface area contributed by atoms with Crippen LogP contribution in [0.15, 0.2) is 24.3 Å². The lowest BCUT2D eigenvalue weighted by Gasteiger charge is -2.39. The van der Waals surface area contributed by atoms with E-state index in [0.717, 1.165) is 19.5 Å². The number of benzene rings is 1. The van der Waals surface area contributed by atoms with E-state index in [9.17, 15) is 0 Å². The van der Waals surface area contributed by atoms with Crippen LogP contribution in [0.4, 0.5) is 5.69 Å². The summed E-state index contributed by atoms with van der Waals surface area (Å²) in [6.07, 6.45) is 1.13. The Morgan fingerprint density at radius 1 is 1.31 bits per heavy atom. The summed E-state index contributed by atoms with van der Waals surface area (Å²) in [5, 5.41) is 0. The van der Waals surface area contributed by atoms with E-state index in [-0.39, 0.29) is 0 Å². The van der Waals surface area contributed by atoms with E-state index < -0.39 is 0 Å². The summed E-state index contributed by atoms with van der Waals surface area (Å²) in [4.78, 5) is 2.34. The molecule has 2 N–H and O–H groups in total. The largest absolute Gasteiger partial charge is 0.368 e. The monoisotopic (exact) mass is 218 g/mol. The number of anilines is 1. The maximum Gasteiger partial charge on any atom is 0.0395 e.